The molecule has 11 heavy (non-hydrogen) atoms. The minimum Gasteiger partial charge on any atom is -0.302 e. The summed E-state index contributed by atoms with van der Waals surface area (Å²) in [4.78, 5) is 10.5. The number of carbonyl (C=O) groups is 1. The van der Waals surface area contributed by atoms with Crippen molar-refractivity contribution >= 4 is 22.2 Å². The van der Waals surface area contributed by atoms with Crippen LogP contribution >= 0.6 is 15.9 Å². The van der Waals surface area contributed by atoms with Crippen LogP contribution in [0.25, 0.3) is 0 Å². The SMILES string of the molecule is CC1CCC(C(Br)C=O)CC1. The second kappa shape index (κ2) is 4.24. The number of alkyl halides is 1. The first-order valence-corrected chi connectivity index (χ1v) is 5.25. The molecule has 1 aliphatic rings. The van der Waals surface area contributed by atoms with E-state index in [9.17, 15) is 4.79 Å². The van der Waals surface area contributed by atoms with E-state index in [1.807, 2.05) is 0 Å². The van der Waals surface area contributed by atoms with Crippen molar-refractivity contribution in [1.29, 1.82) is 0 Å². The fourth-order valence-corrected chi connectivity index (χ4v) is 2.24. The highest BCUT2D eigenvalue weighted by molar-refractivity contribution is 9.09. The maximum atomic E-state index is 10.4. The van der Waals surface area contributed by atoms with Crippen LogP contribution < -0.4 is 0 Å². The zero-order valence-electron chi connectivity index (χ0n) is 6.92. The van der Waals surface area contributed by atoms with Crippen molar-refractivity contribution in [3.05, 3.63) is 0 Å². The summed E-state index contributed by atoms with van der Waals surface area (Å²) in [7, 11) is 0. The van der Waals surface area contributed by atoms with E-state index in [4.69, 9.17) is 0 Å². The normalized spacial score (nSPS) is 34.7. The summed E-state index contributed by atoms with van der Waals surface area (Å²) in [5.74, 6) is 1.47. The predicted octanol–water partition coefficient (Wildman–Crippen LogP) is 2.78. The molecule has 1 aliphatic carbocycles. The number of hydrogen-bond donors (Lipinski definition) is 0. The van der Waals surface area contributed by atoms with Crippen LogP contribution in [0.2, 0.25) is 0 Å². The molecule has 1 rings (SSSR count). The molecule has 0 radical (unpaired) electrons. The zero-order chi connectivity index (χ0) is 8.27. The van der Waals surface area contributed by atoms with E-state index < -0.39 is 0 Å². The molecule has 0 aliphatic heterocycles. The lowest BCUT2D eigenvalue weighted by Gasteiger charge is -2.27. The van der Waals surface area contributed by atoms with Gasteiger partial charge in [0.2, 0.25) is 0 Å². The van der Waals surface area contributed by atoms with Crippen LogP contribution in [0.3, 0.4) is 0 Å². The Kier molecular flexibility index (Phi) is 3.57. The van der Waals surface area contributed by atoms with Crippen LogP contribution in [0.4, 0.5) is 0 Å². The third kappa shape index (κ3) is 2.58. The molecule has 0 aromatic rings. The molecule has 64 valence electrons. The van der Waals surface area contributed by atoms with Gasteiger partial charge in [0.05, 0.1) is 4.83 Å². The summed E-state index contributed by atoms with van der Waals surface area (Å²) in [6.45, 7) is 2.29. The standard InChI is InChI=1S/C9H15BrO/c1-7-2-4-8(5-3-7)9(10)6-11/h6-9H,2-5H2,1H3. The second-order valence-corrected chi connectivity index (χ2v) is 4.66. The smallest absolute Gasteiger partial charge is 0.133 e. The molecule has 1 fully saturated rings. The van der Waals surface area contributed by atoms with Crippen LogP contribution in [-0.2, 0) is 4.79 Å². The molecule has 0 amide bonds. The van der Waals surface area contributed by atoms with E-state index in [-0.39, 0.29) is 4.83 Å². The Hall–Kier alpha value is 0.150. The van der Waals surface area contributed by atoms with Crippen LogP contribution in [0, 0.1) is 11.8 Å². The van der Waals surface area contributed by atoms with Gasteiger partial charge in [-0.15, -0.1) is 0 Å². The summed E-state index contributed by atoms with van der Waals surface area (Å²) >= 11 is 3.39. The number of aldehydes is 1. The average molecular weight is 219 g/mol. The molecule has 1 nitrogen and oxygen atoms in total. The number of rotatable bonds is 2. The van der Waals surface area contributed by atoms with E-state index in [0.29, 0.717) is 5.92 Å². The molecule has 0 saturated heterocycles. The lowest BCUT2D eigenvalue weighted by atomic mass is 9.82. The molecular weight excluding hydrogens is 204 g/mol. The maximum Gasteiger partial charge on any atom is 0.133 e. The lowest BCUT2D eigenvalue weighted by Crippen LogP contribution is -2.21. The van der Waals surface area contributed by atoms with Gasteiger partial charge in [-0.1, -0.05) is 35.7 Å². The molecule has 0 heterocycles. The van der Waals surface area contributed by atoms with Crippen LogP contribution in [0.5, 0.6) is 0 Å². The molecule has 2 heteroatoms. The zero-order valence-corrected chi connectivity index (χ0v) is 8.51. The van der Waals surface area contributed by atoms with Crippen LogP contribution in [0.15, 0.2) is 0 Å². The van der Waals surface area contributed by atoms with Crippen molar-refractivity contribution in [2.75, 3.05) is 0 Å². The van der Waals surface area contributed by atoms with Crippen molar-refractivity contribution in [3.8, 4) is 0 Å². The van der Waals surface area contributed by atoms with Gasteiger partial charge in [0.15, 0.2) is 0 Å². The highest BCUT2D eigenvalue weighted by Gasteiger charge is 2.23. The van der Waals surface area contributed by atoms with Gasteiger partial charge in [0, 0.05) is 0 Å². The highest BCUT2D eigenvalue weighted by atomic mass is 79.9. The van der Waals surface area contributed by atoms with Gasteiger partial charge < -0.3 is 4.79 Å². The van der Waals surface area contributed by atoms with Crippen molar-refractivity contribution < 1.29 is 4.79 Å². The Morgan fingerprint density at radius 3 is 2.36 bits per heavy atom. The summed E-state index contributed by atoms with van der Waals surface area (Å²) in [5, 5.41) is 0. The van der Waals surface area contributed by atoms with E-state index in [1.165, 1.54) is 25.7 Å². The van der Waals surface area contributed by atoms with E-state index in [0.717, 1.165) is 12.2 Å². The van der Waals surface area contributed by atoms with Crippen LogP contribution in [-0.4, -0.2) is 11.1 Å². The minimum absolute atomic E-state index is 0.106. The maximum absolute atomic E-state index is 10.4. The van der Waals surface area contributed by atoms with Gasteiger partial charge in [0.1, 0.15) is 6.29 Å². The van der Waals surface area contributed by atoms with E-state index in [2.05, 4.69) is 22.9 Å². The lowest BCUT2D eigenvalue weighted by molar-refractivity contribution is -0.108. The predicted molar refractivity (Wildman–Crippen MR) is 49.9 cm³/mol. The van der Waals surface area contributed by atoms with Gasteiger partial charge in [-0.25, -0.2) is 0 Å². The molecule has 0 aromatic heterocycles. The third-order valence-electron chi connectivity index (χ3n) is 2.64. The van der Waals surface area contributed by atoms with E-state index >= 15 is 0 Å². The Bertz CT molecular complexity index is 128. The molecule has 0 spiro atoms. The fourth-order valence-electron chi connectivity index (χ4n) is 1.72. The van der Waals surface area contributed by atoms with Crippen molar-refractivity contribution in [3.63, 3.8) is 0 Å². The quantitative estimate of drug-likeness (QED) is 0.515. The minimum atomic E-state index is 0.106. The first kappa shape index (κ1) is 9.24. The fraction of sp³-hybridized carbons (Fsp3) is 0.889. The van der Waals surface area contributed by atoms with Crippen LogP contribution in [0.1, 0.15) is 32.6 Å². The molecule has 0 aromatic carbocycles. The molecule has 1 atom stereocenters. The van der Waals surface area contributed by atoms with Crippen molar-refractivity contribution in [2.24, 2.45) is 11.8 Å². The number of hydrogen-bond acceptors (Lipinski definition) is 1. The first-order valence-electron chi connectivity index (χ1n) is 4.33. The van der Waals surface area contributed by atoms with Gasteiger partial charge >= 0.3 is 0 Å². The molecule has 0 N–H and O–H groups in total. The monoisotopic (exact) mass is 218 g/mol. The molecule has 0 bridgehead atoms. The summed E-state index contributed by atoms with van der Waals surface area (Å²) in [6, 6.07) is 0. The Labute approximate surface area is 76.7 Å². The van der Waals surface area contributed by atoms with Gasteiger partial charge in [0.25, 0.3) is 0 Å². The first-order chi connectivity index (χ1) is 5.24. The Morgan fingerprint density at radius 1 is 1.36 bits per heavy atom. The Balaban J connectivity index is 2.32. The topological polar surface area (TPSA) is 17.1 Å². The molecular formula is C9H15BrO. The second-order valence-electron chi connectivity index (χ2n) is 3.60. The van der Waals surface area contributed by atoms with Gasteiger partial charge in [-0.05, 0) is 24.7 Å². The van der Waals surface area contributed by atoms with Gasteiger partial charge in [-0.3, -0.25) is 0 Å². The van der Waals surface area contributed by atoms with Crippen molar-refractivity contribution in [2.45, 2.75) is 37.4 Å². The summed E-state index contributed by atoms with van der Waals surface area (Å²) in [5.41, 5.74) is 0. The third-order valence-corrected chi connectivity index (χ3v) is 3.60. The largest absolute Gasteiger partial charge is 0.302 e. The van der Waals surface area contributed by atoms with E-state index in [1.54, 1.807) is 0 Å². The summed E-state index contributed by atoms with van der Waals surface area (Å²) in [6.07, 6.45) is 6.05. The number of carbonyl (C=O) groups excluding carboxylic acids is 1. The highest BCUT2D eigenvalue weighted by Crippen LogP contribution is 2.32. The average Bonchev–Trinajstić information content (AvgIpc) is 2.05. The van der Waals surface area contributed by atoms with Crippen molar-refractivity contribution in [1.82, 2.24) is 0 Å². The number of halogens is 1. The Morgan fingerprint density at radius 2 is 1.91 bits per heavy atom. The molecule has 1 unspecified atom stereocenters. The summed E-state index contributed by atoms with van der Waals surface area (Å²) < 4.78 is 0. The molecule has 1 saturated carbocycles. The van der Waals surface area contributed by atoms with Gasteiger partial charge in [-0.2, -0.15) is 0 Å².